The summed E-state index contributed by atoms with van der Waals surface area (Å²) in [5.74, 6) is 0.584. The van der Waals surface area contributed by atoms with E-state index in [1.54, 1.807) is 18.6 Å². The molecule has 118 valence electrons. The molecular formula is C15H16N6O2. The molecule has 8 nitrogen and oxygen atoms in total. The minimum Gasteiger partial charge on any atom is -0.504 e. The van der Waals surface area contributed by atoms with Crippen LogP contribution in [0.15, 0.2) is 31.1 Å². The second-order valence-electron chi connectivity index (χ2n) is 5.39. The van der Waals surface area contributed by atoms with Gasteiger partial charge in [0.1, 0.15) is 12.6 Å². The molecule has 23 heavy (non-hydrogen) atoms. The average molecular weight is 312 g/mol. The quantitative estimate of drug-likeness (QED) is 0.766. The maximum atomic E-state index is 9.84. The molecule has 1 aliphatic rings. The van der Waals surface area contributed by atoms with E-state index in [2.05, 4.69) is 25.3 Å². The minimum absolute atomic E-state index is 0.0363. The van der Waals surface area contributed by atoms with E-state index in [-0.39, 0.29) is 12.0 Å². The predicted octanol–water partition coefficient (Wildman–Crippen LogP) is 2.37. The van der Waals surface area contributed by atoms with E-state index < -0.39 is 0 Å². The Balaban J connectivity index is 1.71. The molecule has 4 heterocycles. The van der Waals surface area contributed by atoms with Crippen molar-refractivity contribution in [2.45, 2.75) is 25.5 Å². The van der Waals surface area contributed by atoms with E-state index in [1.165, 1.54) is 12.5 Å². The molecule has 0 bridgehead atoms. The van der Waals surface area contributed by atoms with Gasteiger partial charge in [0.15, 0.2) is 22.7 Å². The van der Waals surface area contributed by atoms with Crippen LogP contribution in [0, 0.1) is 0 Å². The number of pyridine rings is 1. The number of nitrogens with one attached hydrogen (secondary N) is 1. The second kappa shape index (κ2) is 5.81. The largest absolute Gasteiger partial charge is 0.504 e. The summed E-state index contributed by atoms with van der Waals surface area (Å²) in [5, 5.41) is 12.9. The number of rotatable bonds is 3. The molecule has 0 aliphatic carbocycles. The first-order valence-corrected chi connectivity index (χ1v) is 7.52. The van der Waals surface area contributed by atoms with Crippen molar-refractivity contribution in [1.82, 2.24) is 24.5 Å². The molecule has 1 unspecified atom stereocenters. The molecule has 1 atom stereocenters. The van der Waals surface area contributed by atoms with Gasteiger partial charge in [-0.1, -0.05) is 0 Å². The number of imidazole rings is 1. The van der Waals surface area contributed by atoms with Crippen molar-refractivity contribution in [3.8, 4) is 5.75 Å². The topological polar surface area (TPSA) is 98.0 Å². The van der Waals surface area contributed by atoms with Crippen LogP contribution in [0.2, 0.25) is 0 Å². The van der Waals surface area contributed by atoms with E-state index in [0.29, 0.717) is 22.7 Å². The third-order valence-electron chi connectivity index (χ3n) is 3.88. The third-order valence-corrected chi connectivity index (χ3v) is 3.88. The maximum Gasteiger partial charge on any atom is 0.167 e. The van der Waals surface area contributed by atoms with Crippen LogP contribution in [-0.2, 0) is 4.74 Å². The number of anilines is 2. The highest BCUT2D eigenvalue weighted by atomic mass is 16.5. The summed E-state index contributed by atoms with van der Waals surface area (Å²) < 4.78 is 7.74. The molecule has 1 fully saturated rings. The highest BCUT2D eigenvalue weighted by Crippen LogP contribution is 2.30. The Morgan fingerprint density at radius 2 is 2.22 bits per heavy atom. The SMILES string of the molecule is Oc1cnccc1Nc1ncnc2c1ncn2C1CCCCO1. The summed E-state index contributed by atoms with van der Waals surface area (Å²) in [6.45, 7) is 0.755. The minimum atomic E-state index is -0.0363. The van der Waals surface area contributed by atoms with E-state index in [4.69, 9.17) is 4.74 Å². The zero-order valence-electron chi connectivity index (χ0n) is 12.4. The first-order valence-electron chi connectivity index (χ1n) is 7.52. The molecule has 4 rings (SSSR count). The van der Waals surface area contributed by atoms with Crippen LogP contribution in [-0.4, -0.2) is 36.2 Å². The van der Waals surface area contributed by atoms with Gasteiger partial charge in [-0.15, -0.1) is 0 Å². The molecule has 1 aliphatic heterocycles. The van der Waals surface area contributed by atoms with Gasteiger partial charge in [0, 0.05) is 12.8 Å². The summed E-state index contributed by atoms with van der Waals surface area (Å²) in [7, 11) is 0. The first-order chi connectivity index (χ1) is 11.3. The molecule has 3 aromatic rings. The van der Waals surface area contributed by atoms with Crippen LogP contribution in [0.5, 0.6) is 5.75 Å². The summed E-state index contributed by atoms with van der Waals surface area (Å²) in [4.78, 5) is 16.8. The second-order valence-corrected chi connectivity index (χ2v) is 5.39. The third kappa shape index (κ3) is 2.57. The fourth-order valence-corrected chi connectivity index (χ4v) is 2.72. The van der Waals surface area contributed by atoms with E-state index in [0.717, 1.165) is 25.9 Å². The Labute approximate surface area is 132 Å². The van der Waals surface area contributed by atoms with Gasteiger partial charge < -0.3 is 15.2 Å². The van der Waals surface area contributed by atoms with Crippen LogP contribution in [0.25, 0.3) is 11.2 Å². The number of ether oxygens (including phenoxy) is 1. The predicted molar refractivity (Wildman–Crippen MR) is 83.3 cm³/mol. The number of nitrogens with zero attached hydrogens (tertiary/aromatic N) is 5. The van der Waals surface area contributed by atoms with Crippen molar-refractivity contribution in [3.63, 3.8) is 0 Å². The monoisotopic (exact) mass is 312 g/mol. The lowest BCUT2D eigenvalue weighted by Gasteiger charge is -2.23. The summed E-state index contributed by atoms with van der Waals surface area (Å²) in [6, 6.07) is 1.67. The number of hydrogen-bond donors (Lipinski definition) is 2. The molecule has 0 spiro atoms. The van der Waals surface area contributed by atoms with Gasteiger partial charge in [0.25, 0.3) is 0 Å². The highest BCUT2D eigenvalue weighted by Gasteiger charge is 2.20. The summed E-state index contributed by atoms with van der Waals surface area (Å²) in [6.07, 6.45) is 9.30. The Kier molecular flexibility index (Phi) is 3.51. The van der Waals surface area contributed by atoms with Crippen molar-refractivity contribution >= 4 is 22.7 Å². The number of aromatic hydroxyl groups is 1. The van der Waals surface area contributed by atoms with Crippen molar-refractivity contribution in [2.24, 2.45) is 0 Å². The Morgan fingerprint density at radius 3 is 3.04 bits per heavy atom. The van der Waals surface area contributed by atoms with Crippen molar-refractivity contribution in [2.75, 3.05) is 11.9 Å². The Bertz CT molecular complexity index is 828. The summed E-state index contributed by atoms with van der Waals surface area (Å²) in [5.41, 5.74) is 1.87. The van der Waals surface area contributed by atoms with Gasteiger partial charge in [-0.25, -0.2) is 15.0 Å². The Morgan fingerprint density at radius 1 is 1.26 bits per heavy atom. The number of hydrogen-bond acceptors (Lipinski definition) is 7. The zero-order valence-corrected chi connectivity index (χ0v) is 12.4. The van der Waals surface area contributed by atoms with E-state index in [9.17, 15) is 5.11 Å². The standard InChI is InChI=1S/C15H16N6O2/c22-11-7-16-5-4-10(11)20-14-13-15(18-8-17-14)21(9-19-13)12-3-1-2-6-23-12/h4-5,7-9,12,22H,1-3,6H2,(H,16,17,18,20). The molecule has 2 N–H and O–H groups in total. The number of fused-ring (bicyclic) bond motifs is 1. The van der Waals surface area contributed by atoms with E-state index >= 15 is 0 Å². The lowest BCUT2D eigenvalue weighted by atomic mass is 10.2. The molecule has 0 amide bonds. The maximum absolute atomic E-state index is 9.84. The fraction of sp³-hybridized carbons (Fsp3) is 0.333. The highest BCUT2D eigenvalue weighted by molar-refractivity contribution is 5.85. The van der Waals surface area contributed by atoms with Crippen molar-refractivity contribution in [3.05, 3.63) is 31.1 Å². The lowest BCUT2D eigenvalue weighted by molar-refractivity contribution is -0.0298. The molecule has 3 aromatic heterocycles. The van der Waals surface area contributed by atoms with Crippen LogP contribution in [0.3, 0.4) is 0 Å². The first kappa shape index (κ1) is 13.9. The molecule has 8 heteroatoms. The van der Waals surface area contributed by atoms with Crippen LogP contribution in [0.1, 0.15) is 25.5 Å². The molecule has 0 saturated carbocycles. The lowest BCUT2D eigenvalue weighted by Crippen LogP contribution is -2.17. The van der Waals surface area contributed by atoms with Gasteiger partial charge in [-0.2, -0.15) is 0 Å². The number of aromatic nitrogens is 5. The normalized spacial score (nSPS) is 18.2. The van der Waals surface area contributed by atoms with Gasteiger partial charge in [-0.05, 0) is 25.3 Å². The van der Waals surface area contributed by atoms with Crippen molar-refractivity contribution in [1.29, 1.82) is 0 Å². The molecule has 0 aromatic carbocycles. The summed E-state index contributed by atoms with van der Waals surface area (Å²) >= 11 is 0. The average Bonchev–Trinajstić information content (AvgIpc) is 3.03. The molecule has 1 saturated heterocycles. The molecule has 0 radical (unpaired) electrons. The van der Waals surface area contributed by atoms with Crippen LogP contribution < -0.4 is 5.32 Å². The van der Waals surface area contributed by atoms with Gasteiger partial charge in [-0.3, -0.25) is 9.55 Å². The fourth-order valence-electron chi connectivity index (χ4n) is 2.72. The Hall–Kier alpha value is -2.74. The van der Waals surface area contributed by atoms with Gasteiger partial charge in [0.05, 0.1) is 18.2 Å². The van der Waals surface area contributed by atoms with Crippen molar-refractivity contribution < 1.29 is 9.84 Å². The molecular weight excluding hydrogens is 296 g/mol. The van der Waals surface area contributed by atoms with Gasteiger partial charge in [0.2, 0.25) is 0 Å². The smallest absolute Gasteiger partial charge is 0.167 e. The van der Waals surface area contributed by atoms with Gasteiger partial charge >= 0.3 is 0 Å². The zero-order chi connectivity index (χ0) is 15.6. The van der Waals surface area contributed by atoms with E-state index in [1.807, 2.05) is 4.57 Å². The van der Waals surface area contributed by atoms with Crippen LogP contribution in [0.4, 0.5) is 11.5 Å². The van der Waals surface area contributed by atoms with Crippen LogP contribution >= 0.6 is 0 Å².